The third kappa shape index (κ3) is 3.22. The predicted octanol–water partition coefficient (Wildman–Crippen LogP) is 1.72. The van der Waals surface area contributed by atoms with Crippen molar-refractivity contribution in [3.63, 3.8) is 0 Å². The first kappa shape index (κ1) is 13.8. The molecular formula is C13H29O2Si2+. The molecule has 0 aliphatic carbocycles. The first-order chi connectivity index (χ1) is 8.06. The quantitative estimate of drug-likeness (QED) is 0.729. The van der Waals surface area contributed by atoms with Gasteiger partial charge in [0.15, 0.2) is 0 Å². The Bertz CT molecular complexity index is 249. The fourth-order valence-corrected chi connectivity index (χ4v) is 7.07. The molecule has 2 aliphatic heterocycles. The molecule has 2 nitrogen and oxygen atoms in total. The van der Waals surface area contributed by atoms with Gasteiger partial charge in [-0.2, -0.15) is 0 Å². The molecule has 4 heteroatoms. The minimum absolute atomic E-state index is 0. The summed E-state index contributed by atoms with van der Waals surface area (Å²) in [4.78, 5) is 0. The van der Waals surface area contributed by atoms with Crippen LogP contribution in [0.4, 0.5) is 0 Å². The molecular weight excluding hydrogens is 244 g/mol. The van der Waals surface area contributed by atoms with Gasteiger partial charge in [0.25, 0.3) is 0 Å². The average Bonchev–Trinajstić information content (AvgIpc) is 2.30. The van der Waals surface area contributed by atoms with Crippen LogP contribution in [0.2, 0.25) is 13.1 Å². The summed E-state index contributed by atoms with van der Waals surface area (Å²) in [6.45, 7) is 6.89. The zero-order valence-electron chi connectivity index (χ0n) is 12.8. The minimum Gasteiger partial charge on any atom is -0.379 e. The highest BCUT2D eigenvalue weighted by Crippen LogP contribution is 2.38. The van der Waals surface area contributed by atoms with Gasteiger partial charge in [0, 0.05) is 23.5 Å². The van der Waals surface area contributed by atoms with Gasteiger partial charge >= 0.3 is 1.43 Å². The largest absolute Gasteiger partial charge is 1.00 e. The number of rotatable bonds is 3. The maximum absolute atomic E-state index is 6.30. The van der Waals surface area contributed by atoms with Gasteiger partial charge in [-0.3, -0.25) is 0 Å². The van der Waals surface area contributed by atoms with E-state index < -0.39 is 8.80 Å². The van der Waals surface area contributed by atoms with E-state index in [9.17, 15) is 0 Å². The summed E-state index contributed by atoms with van der Waals surface area (Å²) in [6.07, 6.45) is 9.03. The summed E-state index contributed by atoms with van der Waals surface area (Å²) in [6, 6.07) is 0. The Morgan fingerprint density at radius 1 is 1.06 bits per heavy atom. The fourth-order valence-electron chi connectivity index (χ4n) is 3.44. The van der Waals surface area contributed by atoms with Gasteiger partial charge in [-0.05, 0) is 44.9 Å². The van der Waals surface area contributed by atoms with Crippen LogP contribution in [0.1, 0.15) is 46.4 Å². The van der Waals surface area contributed by atoms with E-state index in [2.05, 4.69) is 13.1 Å². The Kier molecular flexibility index (Phi) is 4.50. The summed E-state index contributed by atoms with van der Waals surface area (Å²) in [5.74, 6) is 0. The average molecular weight is 274 g/mol. The van der Waals surface area contributed by atoms with Crippen molar-refractivity contribution in [3.8, 4) is 0 Å². The lowest BCUT2D eigenvalue weighted by Gasteiger charge is -2.47. The van der Waals surface area contributed by atoms with Crippen LogP contribution >= 0.6 is 0 Å². The second-order valence-corrected chi connectivity index (χ2v) is 11.6. The van der Waals surface area contributed by atoms with Crippen molar-refractivity contribution in [2.45, 2.75) is 68.5 Å². The van der Waals surface area contributed by atoms with Crippen molar-refractivity contribution in [1.82, 2.24) is 0 Å². The Hall–Kier alpha value is 0.354. The van der Waals surface area contributed by atoms with Gasteiger partial charge in [0.2, 0.25) is 0 Å². The molecule has 17 heavy (non-hydrogen) atoms. The standard InChI is InChI=1S/C13H28O2Si2/c1-17(2)13(8-4-6-10-15-13)11-12(16)7-3-5-9-14-12/h17H,3-11H2,1-2,16H3/p+1. The number of hydrogen-bond acceptors (Lipinski definition) is 2. The van der Waals surface area contributed by atoms with Gasteiger partial charge in [0.1, 0.15) is 0 Å². The summed E-state index contributed by atoms with van der Waals surface area (Å²) < 4.78 is 12.4. The lowest BCUT2D eigenvalue weighted by atomic mass is 9.97. The molecule has 0 aromatic carbocycles. The second kappa shape index (κ2) is 5.55. The molecule has 2 atom stereocenters. The maximum Gasteiger partial charge on any atom is 1.00 e. The molecule has 0 aromatic rings. The van der Waals surface area contributed by atoms with Crippen molar-refractivity contribution >= 4 is 19.0 Å². The van der Waals surface area contributed by atoms with Crippen LogP contribution in [-0.4, -0.2) is 42.7 Å². The molecule has 0 saturated carbocycles. The van der Waals surface area contributed by atoms with E-state index in [0.717, 1.165) is 23.5 Å². The van der Waals surface area contributed by atoms with E-state index in [1.165, 1.54) is 44.9 Å². The topological polar surface area (TPSA) is 18.5 Å². The minimum atomic E-state index is -0.782. The smallest absolute Gasteiger partial charge is 0.379 e. The molecule has 2 aliphatic rings. The maximum atomic E-state index is 6.30. The predicted molar refractivity (Wildman–Crippen MR) is 79.6 cm³/mol. The normalized spacial score (nSPS) is 39.7. The fraction of sp³-hybridized carbons (Fsp3) is 1.00. The molecule has 100 valence electrons. The zero-order valence-corrected chi connectivity index (χ0v) is 14.9. The summed E-state index contributed by atoms with van der Waals surface area (Å²) in [5.41, 5.74) is 0. The Morgan fingerprint density at radius 3 is 2.18 bits per heavy atom. The monoisotopic (exact) mass is 273 g/mol. The molecule has 0 bridgehead atoms. The van der Waals surface area contributed by atoms with Gasteiger partial charge in [-0.25, -0.2) is 0 Å². The van der Waals surface area contributed by atoms with Gasteiger partial charge in [0.05, 0.1) is 19.2 Å². The van der Waals surface area contributed by atoms with E-state index in [-0.39, 0.29) is 11.9 Å². The molecule has 2 saturated heterocycles. The molecule has 0 radical (unpaired) electrons. The molecule has 2 unspecified atom stereocenters. The van der Waals surface area contributed by atoms with Gasteiger partial charge < -0.3 is 9.47 Å². The van der Waals surface area contributed by atoms with Gasteiger partial charge in [-0.15, -0.1) is 0 Å². The van der Waals surface area contributed by atoms with Gasteiger partial charge in [-0.1, -0.05) is 13.1 Å². The Balaban J connectivity index is 0.00000162. The second-order valence-electron chi connectivity index (χ2n) is 6.46. The lowest BCUT2D eigenvalue weighted by molar-refractivity contribution is -0.0942. The summed E-state index contributed by atoms with van der Waals surface area (Å²) in [7, 11) is 0.380. The highest BCUT2D eigenvalue weighted by Gasteiger charge is 2.44. The molecule has 0 N–H and O–H groups in total. The number of hydrogen-bond donors (Lipinski definition) is 0. The van der Waals surface area contributed by atoms with E-state index in [4.69, 9.17) is 9.47 Å². The summed E-state index contributed by atoms with van der Waals surface area (Å²) >= 11 is 0. The van der Waals surface area contributed by atoms with Crippen LogP contribution in [-0.2, 0) is 9.47 Å². The van der Waals surface area contributed by atoms with E-state index >= 15 is 0 Å². The first-order valence-corrected chi connectivity index (χ1v) is 11.2. The van der Waals surface area contributed by atoms with Crippen molar-refractivity contribution in [2.24, 2.45) is 0 Å². The number of ether oxygens (including phenoxy) is 2. The third-order valence-corrected chi connectivity index (χ3v) is 8.57. The van der Waals surface area contributed by atoms with Crippen molar-refractivity contribution in [2.75, 3.05) is 13.2 Å². The lowest BCUT2D eigenvalue weighted by Crippen LogP contribution is -2.54. The first-order valence-electron chi connectivity index (χ1n) is 7.34. The molecule has 2 rings (SSSR count). The SMILES string of the molecule is C[SiH](C)C1(CC2([SiH3])CCCCO2)CCCCO1.[H+]. The molecule has 2 heterocycles. The van der Waals surface area contributed by atoms with Crippen molar-refractivity contribution in [3.05, 3.63) is 0 Å². The molecule has 0 amide bonds. The van der Waals surface area contributed by atoms with E-state index in [1.807, 2.05) is 0 Å². The molecule has 0 spiro atoms. The van der Waals surface area contributed by atoms with Crippen LogP contribution in [0.3, 0.4) is 0 Å². The van der Waals surface area contributed by atoms with Crippen LogP contribution in [0.5, 0.6) is 0 Å². The third-order valence-electron chi connectivity index (χ3n) is 4.66. The van der Waals surface area contributed by atoms with Crippen LogP contribution in [0.15, 0.2) is 0 Å². The van der Waals surface area contributed by atoms with E-state index in [0.29, 0.717) is 0 Å². The highest BCUT2D eigenvalue weighted by atomic mass is 28.3. The van der Waals surface area contributed by atoms with Crippen molar-refractivity contribution in [1.29, 1.82) is 0 Å². The zero-order chi connectivity index (χ0) is 12.4. The molecule has 0 aromatic heterocycles. The molecule has 2 fully saturated rings. The van der Waals surface area contributed by atoms with Crippen LogP contribution < -0.4 is 0 Å². The summed E-state index contributed by atoms with van der Waals surface area (Å²) in [5, 5.41) is 0.476. The Labute approximate surface area is 112 Å². The highest BCUT2D eigenvalue weighted by molar-refractivity contribution is 6.59. The Morgan fingerprint density at radius 2 is 1.71 bits per heavy atom. The van der Waals surface area contributed by atoms with Crippen LogP contribution in [0, 0.1) is 0 Å². The van der Waals surface area contributed by atoms with Crippen molar-refractivity contribution < 1.29 is 10.9 Å². The van der Waals surface area contributed by atoms with Crippen LogP contribution in [0.25, 0.3) is 0 Å². The van der Waals surface area contributed by atoms with E-state index in [1.54, 1.807) is 0 Å².